The average molecular weight is 264 g/mol. The Morgan fingerprint density at radius 3 is 2.63 bits per heavy atom. The third-order valence-corrected chi connectivity index (χ3v) is 3.31. The summed E-state index contributed by atoms with van der Waals surface area (Å²) in [4.78, 5) is 13.9. The van der Waals surface area contributed by atoms with Crippen molar-refractivity contribution in [2.75, 3.05) is 38.8 Å². The highest BCUT2D eigenvalue weighted by molar-refractivity contribution is 5.94. The minimum atomic E-state index is -0.917. The van der Waals surface area contributed by atoms with Gasteiger partial charge in [0, 0.05) is 44.9 Å². The zero-order chi connectivity index (χ0) is 13.9. The van der Waals surface area contributed by atoms with Crippen LogP contribution in [-0.2, 0) is 4.74 Å². The Hall–Kier alpha value is -1.59. The van der Waals surface area contributed by atoms with E-state index in [0.717, 1.165) is 5.69 Å². The van der Waals surface area contributed by atoms with Gasteiger partial charge in [-0.05, 0) is 24.3 Å². The molecule has 1 aromatic carbocycles. The van der Waals surface area contributed by atoms with Crippen LogP contribution in [0.5, 0.6) is 0 Å². The van der Waals surface area contributed by atoms with Gasteiger partial charge in [0.25, 0.3) is 5.91 Å². The maximum atomic E-state index is 11.9. The van der Waals surface area contributed by atoms with Gasteiger partial charge in [0.05, 0.1) is 6.61 Å². The van der Waals surface area contributed by atoms with Crippen LogP contribution < -0.4 is 10.2 Å². The van der Waals surface area contributed by atoms with E-state index in [1.54, 1.807) is 12.1 Å². The van der Waals surface area contributed by atoms with E-state index in [1.165, 1.54) is 0 Å². The highest BCUT2D eigenvalue weighted by Crippen LogP contribution is 2.17. The highest BCUT2D eigenvalue weighted by Gasteiger charge is 2.32. The molecule has 1 aliphatic heterocycles. The fraction of sp³-hybridized carbons (Fsp3) is 0.500. The summed E-state index contributed by atoms with van der Waals surface area (Å²) in [6, 6.07) is 7.34. The molecule has 1 saturated heterocycles. The van der Waals surface area contributed by atoms with Gasteiger partial charge < -0.3 is 20.1 Å². The maximum Gasteiger partial charge on any atom is 0.251 e. The van der Waals surface area contributed by atoms with Gasteiger partial charge in [0.15, 0.2) is 0 Å². The van der Waals surface area contributed by atoms with Crippen molar-refractivity contribution >= 4 is 11.6 Å². The lowest BCUT2D eigenvalue weighted by Crippen LogP contribution is -2.43. The number of ether oxygens (including phenoxy) is 1. The zero-order valence-corrected chi connectivity index (χ0v) is 11.3. The van der Waals surface area contributed by atoms with E-state index >= 15 is 0 Å². The topological polar surface area (TPSA) is 61.8 Å². The molecule has 0 radical (unpaired) electrons. The van der Waals surface area contributed by atoms with Crippen molar-refractivity contribution in [2.45, 2.75) is 12.0 Å². The number of anilines is 1. The summed E-state index contributed by atoms with van der Waals surface area (Å²) in [5.41, 5.74) is 0.715. The van der Waals surface area contributed by atoms with Gasteiger partial charge in [-0.25, -0.2) is 0 Å². The first-order chi connectivity index (χ1) is 9.00. The van der Waals surface area contributed by atoms with Crippen molar-refractivity contribution in [3.8, 4) is 0 Å². The average Bonchev–Trinajstić information content (AvgIpc) is 2.83. The van der Waals surface area contributed by atoms with Gasteiger partial charge in [-0.3, -0.25) is 4.79 Å². The van der Waals surface area contributed by atoms with Gasteiger partial charge >= 0.3 is 0 Å². The van der Waals surface area contributed by atoms with E-state index in [1.807, 2.05) is 31.1 Å². The summed E-state index contributed by atoms with van der Waals surface area (Å²) in [5, 5.41) is 12.8. The molecule has 2 rings (SSSR count). The van der Waals surface area contributed by atoms with Crippen LogP contribution in [0.4, 0.5) is 5.69 Å². The fourth-order valence-electron chi connectivity index (χ4n) is 1.99. The molecule has 2 N–H and O–H groups in total. The zero-order valence-electron chi connectivity index (χ0n) is 11.3. The molecule has 0 aromatic heterocycles. The molecule has 0 spiro atoms. The number of hydrogen-bond acceptors (Lipinski definition) is 4. The smallest absolute Gasteiger partial charge is 0.251 e. The van der Waals surface area contributed by atoms with Crippen molar-refractivity contribution in [2.24, 2.45) is 0 Å². The van der Waals surface area contributed by atoms with Crippen LogP contribution in [0, 0.1) is 0 Å². The molecule has 5 heteroatoms. The number of rotatable bonds is 4. The third-order valence-electron chi connectivity index (χ3n) is 3.31. The summed E-state index contributed by atoms with van der Waals surface area (Å²) in [6.45, 7) is 1.05. The van der Waals surface area contributed by atoms with Crippen molar-refractivity contribution in [3.63, 3.8) is 0 Å². The van der Waals surface area contributed by atoms with E-state index in [0.29, 0.717) is 18.6 Å². The number of aliphatic hydroxyl groups is 1. The molecule has 0 saturated carbocycles. The summed E-state index contributed by atoms with van der Waals surface area (Å²) in [6.07, 6.45) is 0.562. The van der Waals surface area contributed by atoms with E-state index in [9.17, 15) is 9.90 Å². The van der Waals surface area contributed by atoms with E-state index in [4.69, 9.17) is 4.74 Å². The molecule has 1 fully saturated rings. The van der Waals surface area contributed by atoms with Crippen LogP contribution >= 0.6 is 0 Å². The van der Waals surface area contributed by atoms with Crippen LogP contribution in [0.3, 0.4) is 0 Å². The molecule has 0 bridgehead atoms. The normalized spacial score (nSPS) is 22.3. The number of nitrogens with zero attached hydrogens (tertiary/aromatic N) is 1. The SMILES string of the molecule is CN(C)c1ccc(C(=O)NCC2(O)CCOC2)cc1. The van der Waals surface area contributed by atoms with Gasteiger partial charge in [0.1, 0.15) is 5.60 Å². The molecule has 1 unspecified atom stereocenters. The molecule has 1 amide bonds. The predicted octanol–water partition coefficient (Wildman–Crippen LogP) is 0.634. The molecule has 1 aromatic rings. The number of carbonyl (C=O) groups is 1. The van der Waals surface area contributed by atoms with Crippen LogP contribution in [-0.4, -0.2) is 50.5 Å². The molecular formula is C14H20N2O3. The Labute approximate surface area is 113 Å². The Kier molecular flexibility index (Phi) is 4.07. The summed E-state index contributed by atoms with van der Waals surface area (Å²) < 4.78 is 5.13. The Balaban J connectivity index is 1.92. The molecule has 19 heavy (non-hydrogen) atoms. The van der Waals surface area contributed by atoms with Gasteiger partial charge in [0.2, 0.25) is 0 Å². The number of hydrogen-bond donors (Lipinski definition) is 2. The van der Waals surface area contributed by atoms with Crippen LogP contribution in [0.15, 0.2) is 24.3 Å². The van der Waals surface area contributed by atoms with Crippen molar-refractivity contribution < 1.29 is 14.6 Å². The fourth-order valence-corrected chi connectivity index (χ4v) is 1.99. The first-order valence-electron chi connectivity index (χ1n) is 6.36. The van der Waals surface area contributed by atoms with E-state index < -0.39 is 5.60 Å². The second-order valence-corrected chi connectivity index (χ2v) is 5.15. The van der Waals surface area contributed by atoms with E-state index in [-0.39, 0.29) is 19.1 Å². The second-order valence-electron chi connectivity index (χ2n) is 5.15. The minimum absolute atomic E-state index is 0.175. The summed E-state index contributed by atoms with van der Waals surface area (Å²) >= 11 is 0. The van der Waals surface area contributed by atoms with Gasteiger partial charge in [-0.2, -0.15) is 0 Å². The molecule has 1 heterocycles. The van der Waals surface area contributed by atoms with Gasteiger partial charge in [-0.1, -0.05) is 0 Å². The number of carbonyl (C=O) groups excluding carboxylic acids is 1. The predicted molar refractivity (Wildman–Crippen MR) is 73.5 cm³/mol. The van der Waals surface area contributed by atoms with Gasteiger partial charge in [-0.15, -0.1) is 0 Å². The Bertz CT molecular complexity index is 437. The monoisotopic (exact) mass is 264 g/mol. The standard InChI is InChI=1S/C14H20N2O3/c1-16(2)12-5-3-11(4-6-12)13(17)15-9-14(18)7-8-19-10-14/h3-6,18H,7-10H2,1-2H3,(H,15,17). The first kappa shape index (κ1) is 13.8. The Morgan fingerprint density at radius 1 is 1.42 bits per heavy atom. The number of amides is 1. The second kappa shape index (κ2) is 5.59. The van der Waals surface area contributed by atoms with Crippen LogP contribution in [0.2, 0.25) is 0 Å². The third kappa shape index (κ3) is 3.45. The van der Waals surface area contributed by atoms with E-state index in [2.05, 4.69) is 5.32 Å². The quantitative estimate of drug-likeness (QED) is 0.837. The molecular weight excluding hydrogens is 244 g/mol. The Morgan fingerprint density at radius 2 is 2.11 bits per heavy atom. The minimum Gasteiger partial charge on any atom is -0.386 e. The highest BCUT2D eigenvalue weighted by atomic mass is 16.5. The molecule has 1 atom stereocenters. The summed E-state index contributed by atoms with van der Waals surface area (Å²) in [7, 11) is 3.90. The largest absolute Gasteiger partial charge is 0.386 e. The van der Waals surface area contributed by atoms with Crippen molar-refractivity contribution in [3.05, 3.63) is 29.8 Å². The molecule has 1 aliphatic rings. The lowest BCUT2D eigenvalue weighted by molar-refractivity contribution is 0.0264. The number of nitrogens with one attached hydrogen (secondary N) is 1. The molecule has 0 aliphatic carbocycles. The first-order valence-corrected chi connectivity index (χ1v) is 6.36. The van der Waals surface area contributed by atoms with Crippen molar-refractivity contribution in [1.82, 2.24) is 5.32 Å². The maximum absolute atomic E-state index is 11.9. The molecule has 104 valence electrons. The lowest BCUT2D eigenvalue weighted by atomic mass is 10.0. The van der Waals surface area contributed by atoms with Crippen LogP contribution in [0.1, 0.15) is 16.8 Å². The lowest BCUT2D eigenvalue weighted by Gasteiger charge is -2.20. The number of benzene rings is 1. The summed E-state index contributed by atoms with van der Waals surface area (Å²) in [5.74, 6) is -0.175. The van der Waals surface area contributed by atoms with Crippen molar-refractivity contribution in [1.29, 1.82) is 0 Å². The van der Waals surface area contributed by atoms with Crippen LogP contribution in [0.25, 0.3) is 0 Å². The molecule has 5 nitrogen and oxygen atoms in total.